The molecular weight excluding hydrogens is 334 g/mol. The minimum absolute atomic E-state index is 0.220. The fourth-order valence-electron chi connectivity index (χ4n) is 3.29. The number of nitrogens with two attached hydrogens (primary N) is 1. The van der Waals surface area contributed by atoms with Crippen molar-refractivity contribution in [2.45, 2.75) is 44.4 Å². The summed E-state index contributed by atoms with van der Waals surface area (Å²) in [6.45, 7) is 1.44. The van der Waals surface area contributed by atoms with Crippen LogP contribution in [0.2, 0.25) is 0 Å². The van der Waals surface area contributed by atoms with Gasteiger partial charge in [-0.2, -0.15) is 5.10 Å². The van der Waals surface area contributed by atoms with E-state index < -0.39 is 12.3 Å². The van der Waals surface area contributed by atoms with Crippen LogP contribution in [0.5, 0.6) is 0 Å². The van der Waals surface area contributed by atoms with Crippen molar-refractivity contribution < 1.29 is 9.90 Å². The van der Waals surface area contributed by atoms with Gasteiger partial charge in [-0.25, -0.2) is 4.68 Å². The number of carbonyl (C=O) groups excluding carboxylic acids is 1. The number of amides is 1. The van der Waals surface area contributed by atoms with Crippen LogP contribution in [0.25, 0.3) is 10.8 Å². The van der Waals surface area contributed by atoms with Crippen molar-refractivity contribution in [2.75, 3.05) is 18.4 Å². The summed E-state index contributed by atoms with van der Waals surface area (Å²) in [6.07, 6.45) is 4.14. The van der Waals surface area contributed by atoms with Gasteiger partial charge in [-0.15, -0.1) is 0 Å². The zero-order valence-corrected chi connectivity index (χ0v) is 14.6. The van der Waals surface area contributed by atoms with Gasteiger partial charge in [0.25, 0.3) is 5.56 Å². The summed E-state index contributed by atoms with van der Waals surface area (Å²) >= 11 is 0. The Morgan fingerprint density at radius 1 is 1.31 bits per heavy atom. The van der Waals surface area contributed by atoms with Crippen LogP contribution in [-0.4, -0.2) is 40.1 Å². The molecule has 8 heteroatoms. The number of nitrogens with zero attached hydrogens (tertiary/aromatic N) is 2. The Labute approximate surface area is 151 Å². The molecular formula is C18H25N5O3. The molecule has 0 radical (unpaired) electrons. The van der Waals surface area contributed by atoms with Gasteiger partial charge in [-0.3, -0.25) is 9.59 Å². The zero-order valence-electron chi connectivity index (χ0n) is 14.6. The van der Waals surface area contributed by atoms with Gasteiger partial charge < -0.3 is 21.5 Å². The van der Waals surface area contributed by atoms with Crippen molar-refractivity contribution >= 4 is 22.4 Å². The van der Waals surface area contributed by atoms with Gasteiger partial charge in [-0.05, 0) is 31.9 Å². The standard InChI is InChI=1S/C18H25N5O3/c19-9-2-1-3-10-20-13-6-4-5-12-11-21-23(18(26)16(12)13)14-7-8-15(24)22-17(14)25/h4-6,11,14,17,20,25H,1-3,7-10,19H2,(H,22,24). The molecule has 2 atom stereocenters. The number of hydrogen-bond acceptors (Lipinski definition) is 6. The van der Waals surface area contributed by atoms with E-state index in [0.29, 0.717) is 18.4 Å². The van der Waals surface area contributed by atoms with E-state index in [2.05, 4.69) is 15.7 Å². The van der Waals surface area contributed by atoms with Gasteiger partial charge in [-0.1, -0.05) is 18.6 Å². The Kier molecular flexibility index (Phi) is 5.85. The number of nitrogens with one attached hydrogen (secondary N) is 2. The Morgan fingerprint density at radius 3 is 2.92 bits per heavy atom. The van der Waals surface area contributed by atoms with E-state index in [-0.39, 0.29) is 17.9 Å². The van der Waals surface area contributed by atoms with Crippen molar-refractivity contribution in [1.29, 1.82) is 0 Å². The first-order valence-corrected chi connectivity index (χ1v) is 9.03. The average molecular weight is 359 g/mol. The molecule has 0 saturated carbocycles. The number of anilines is 1. The summed E-state index contributed by atoms with van der Waals surface area (Å²) in [4.78, 5) is 24.4. The molecule has 1 aromatic carbocycles. The van der Waals surface area contributed by atoms with Crippen molar-refractivity contribution in [2.24, 2.45) is 5.73 Å². The number of hydrogen-bond donors (Lipinski definition) is 4. The quantitative estimate of drug-likeness (QED) is 0.540. The normalized spacial score (nSPS) is 20.2. The summed E-state index contributed by atoms with van der Waals surface area (Å²) in [6, 6.07) is 5.02. The molecule has 140 valence electrons. The SMILES string of the molecule is NCCCCCNc1cccc2cnn(C3CCC(=O)NC3O)c(=O)c12. The molecule has 1 aliphatic heterocycles. The monoisotopic (exact) mass is 359 g/mol. The molecule has 3 rings (SSSR count). The first kappa shape index (κ1) is 18.3. The van der Waals surface area contributed by atoms with Crippen LogP contribution in [0.1, 0.15) is 38.1 Å². The number of unbranched alkanes of at least 4 members (excludes halogenated alkanes) is 2. The van der Waals surface area contributed by atoms with E-state index >= 15 is 0 Å². The van der Waals surface area contributed by atoms with Crippen LogP contribution < -0.4 is 21.9 Å². The van der Waals surface area contributed by atoms with Gasteiger partial charge in [0.05, 0.1) is 11.6 Å². The number of aliphatic hydroxyl groups is 1. The highest BCUT2D eigenvalue weighted by atomic mass is 16.3. The lowest BCUT2D eigenvalue weighted by Crippen LogP contribution is -2.48. The zero-order chi connectivity index (χ0) is 18.5. The molecule has 2 heterocycles. The Morgan fingerprint density at radius 2 is 2.15 bits per heavy atom. The Balaban J connectivity index is 1.88. The van der Waals surface area contributed by atoms with Gasteiger partial charge in [0.2, 0.25) is 5.91 Å². The topological polar surface area (TPSA) is 122 Å². The molecule has 8 nitrogen and oxygen atoms in total. The highest BCUT2D eigenvalue weighted by Gasteiger charge is 2.30. The van der Waals surface area contributed by atoms with Crippen LogP contribution in [0.15, 0.2) is 29.2 Å². The molecule has 2 unspecified atom stereocenters. The number of aliphatic hydroxyl groups excluding tert-OH is 1. The van der Waals surface area contributed by atoms with Crippen LogP contribution in [-0.2, 0) is 4.79 Å². The molecule has 5 N–H and O–H groups in total. The van der Waals surface area contributed by atoms with Crippen molar-refractivity contribution in [3.05, 3.63) is 34.7 Å². The Bertz CT molecular complexity index is 835. The highest BCUT2D eigenvalue weighted by Crippen LogP contribution is 2.23. The molecule has 0 bridgehead atoms. The van der Waals surface area contributed by atoms with E-state index in [9.17, 15) is 14.7 Å². The second-order valence-corrected chi connectivity index (χ2v) is 6.56. The Hall–Kier alpha value is -2.45. The van der Waals surface area contributed by atoms with Crippen LogP contribution in [0, 0.1) is 0 Å². The minimum atomic E-state index is -1.12. The van der Waals surface area contributed by atoms with Gasteiger partial charge >= 0.3 is 0 Å². The number of piperidine rings is 1. The summed E-state index contributed by atoms with van der Waals surface area (Å²) < 4.78 is 1.28. The predicted octanol–water partition coefficient (Wildman–Crippen LogP) is 0.707. The fourth-order valence-corrected chi connectivity index (χ4v) is 3.29. The third-order valence-corrected chi connectivity index (χ3v) is 4.69. The van der Waals surface area contributed by atoms with Gasteiger partial charge in [0.15, 0.2) is 0 Å². The van der Waals surface area contributed by atoms with Crippen LogP contribution in [0.4, 0.5) is 5.69 Å². The van der Waals surface area contributed by atoms with Crippen molar-refractivity contribution in [3.63, 3.8) is 0 Å². The molecule has 2 aromatic rings. The largest absolute Gasteiger partial charge is 0.384 e. The summed E-state index contributed by atoms with van der Waals surface area (Å²) in [5.41, 5.74) is 5.99. The fraction of sp³-hybridized carbons (Fsp3) is 0.500. The first-order valence-electron chi connectivity index (χ1n) is 9.03. The summed E-state index contributed by atoms with van der Waals surface area (Å²) in [5.74, 6) is -0.220. The molecule has 1 saturated heterocycles. The smallest absolute Gasteiger partial charge is 0.277 e. The van der Waals surface area contributed by atoms with E-state index in [4.69, 9.17) is 5.73 Å². The lowest BCUT2D eigenvalue weighted by molar-refractivity contribution is -0.128. The van der Waals surface area contributed by atoms with E-state index in [1.54, 1.807) is 6.20 Å². The maximum Gasteiger partial charge on any atom is 0.277 e. The molecule has 1 amide bonds. The molecule has 0 aliphatic carbocycles. The van der Waals surface area contributed by atoms with Crippen molar-refractivity contribution in [1.82, 2.24) is 15.1 Å². The maximum absolute atomic E-state index is 13.0. The van der Waals surface area contributed by atoms with E-state index in [1.165, 1.54) is 4.68 Å². The lowest BCUT2D eigenvalue weighted by Gasteiger charge is -2.28. The van der Waals surface area contributed by atoms with Crippen LogP contribution >= 0.6 is 0 Å². The third kappa shape index (κ3) is 3.86. The summed E-state index contributed by atoms with van der Waals surface area (Å²) in [7, 11) is 0. The summed E-state index contributed by atoms with van der Waals surface area (Å²) in [5, 5.41) is 21.4. The van der Waals surface area contributed by atoms with Gasteiger partial charge in [0.1, 0.15) is 12.3 Å². The number of rotatable bonds is 7. The molecule has 0 spiro atoms. The third-order valence-electron chi connectivity index (χ3n) is 4.69. The van der Waals surface area contributed by atoms with Crippen LogP contribution in [0.3, 0.4) is 0 Å². The van der Waals surface area contributed by atoms with E-state index in [0.717, 1.165) is 36.9 Å². The van der Waals surface area contributed by atoms with Crippen molar-refractivity contribution in [3.8, 4) is 0 Å². The molecule has 1 aliphatic rings. The number of aromatic nitrogens is 2. The van der Waals surface area contributed by atoms with Gasteiger partial charge in [0, 0.05) is 24.0 Å². The second kappa shape index (κ2) is 8.29. The predicted molar refractivity (Wildman–Crippen MR) is 99.8 cm³/mol. The average Bonchev–Trinajstić information content (AvgIpc) is 2.63. The number of carbonyl (C=O) groups is 1. The molecule has 1 fully saturated rings. The van der Waals surface area contributed by atoms with E-state index in [1.807, 2.05) is 18.2 Å². The number of fused-ring (bicyclic) bond motifs is 1. The molecule has 1 aromatic heterocycles. The molecule has 26 heavy (non-hydrogen) atoms. The minimum Gasteiger partial charge on any atom is -0.384 e. The first-order chi connectivity index (χ1) is 12.6. The number of benzene rings is 1. The highest BCUT2D eigenvalue weighted by molar-refractivity contribution is 5.92. The second-order valence-electron chi connectivity index (χ2n) is 6.56. The lowest BCUT2D eigenvalue weighted by atomic mass is 10.0. The maximum atomic E-state index is 13.0.